The molecule has 2 heterocycles. The highest BCUT2D eigenvalue weighted by molar-refractivity contribution is 6.05. The van der Waals surface area contributed by atoms with Crippen molar-refractivity contribution in [1.29, 1.82) is 0 Å². The number of carbonyl (C=O) groups excluding carboxylic acids is 1. The molecule has 1 amide bonds. The van der Waals surface area contributed by atoms with Crippen molar-refractivity contribution in [2.75, 3.05) is 11.4 Å². The normalized spacial score (nSPS) is 13.6. The monoisotopic (exact) mass is 337 g/mol. The number of nitrogens with zero attached hydrogens (tertiary/aromatic N) is 3. The van der Waals surface area contributed by atoms with Crippen LogP contribution in [-0.4, -0.2) is 22.2 Å². The largest absolute Gasteiger partial charge is 0.487 e. The number of anilines is 1. The third-order valence-electron chi connectivity index (χ3n) is 4.10. The van der Waals surface area contributed by atoms with Crippen molar-refractivity contribution in [3.63, 3.8) is 0 Å². The maximum atomic E-state index is 13.1. The van der Waals surface area contributed by atoms with Crippen LogP contribution in [0.5, 0.6) is 5.75 Å². The predicted octanol–water partition coefficient (Wildman–Crippen LogP) is 3.26. The van der Waals surface area contributed by atoms with Gasteiger partial charge >= 0.3 is 0 Å². The van der Waals surface area contributed by atoms with E-state index in [9.17, 15) is 9.18 Å². The zero-order chi connectivity index (χ0) is 17.2. The Labute approximate surface area is 144 Å². The van der Waals surface area contributed by atoms with Crippen LogP contribution >= 0.6 is 0 Å². The molecule has 0 N–H and O–H groups in total. The van der Waals surface area contributed by atoms with Gasteiger partial charge in [-0.05, 0) is 42.5 Å². The van der Waals surface area contributed by atoms with Crippen molar-refractivity contribution in [2.45, 2.75) is 13.2 Å². The molecule has 0 radical (unpaired) electrons. The van der Waals surface area contributed by atoms with E-state index < -0.39 is 0 Å². The number of halogens is 1. The van der Waals surface area contributed by atoms with Gasteiger partial charge in [0.05, 0.1) is 6.54 Å². The molecule has 1 aliphatic heterocycles. The number of aromatic nitrogens is 2. The first-order valence-corrected chi connectivity index (χ1v) is 8.03. The number of fused-ring (bicyclic) bond motifs is 1. The summed E-state index contributed by atoms with van der Waals surface area (Å²) in [6, 6.07) is 17.1. The smallest absolute Gasteiger partial charge is 0.276 e. The third-order valence-corrected chi connectivity index (χ3v) is 4.10. The highest BCUT2D eigenvalue weighted by Gasteiger charge is 2.27. The van der Waals surface area contributed by atoms with Crippen LogP contribution in [0.2, 0.25) is 0 Å². The Morgan fingerprint density at radius 2 is 1.80 bits per heavy atom. The van der Waals surface area contributed by atoms with Crippen molar-refractivity contribution in [1.82, 2.24) is 9.78 Å². The maximum Gasteiger partial charge on any atom is 0.276 e. The lowest BCUT2D eigenvalue weighted by molar-refractivity contribution is 0.0962. The Kier molecular flexibility index (Phi) is 3.93. The summed E-state index contributed by atoms with van der Waals surface area (Å²) in [5.74, 6) is 0.294. The second-order valence-electron chi connectivity index (χ2n) is 5.78. The maximum absolute atomic E-state index is 13.1. The summed E-state index contributed by atoms with van der Waals surface area (Å²) in [6.07, 6.45) is 0. The standard InChI is InChI=1S/C19H16FN3O2/c20-14-6-8-16(9-7-14)22-10-11-23-18(19(22)24)12-15(21-23)13-25-17-4-2-1-3-5-17/h1-9,12H,10-11,13H2. The molecule has 0 fully saturated rings. The number of hydrogen-bond donors (Lipinski definition) is 0. The van der Waals surface area contributed by atoms with Crippen LogP contribution < -0.4 is 9.64 Å². The number of amides is 1. The second-order valence-corrected chi connectivity index (χ2v) is 5.78. The SMILES string of the molecule is O=C1c2cc(COc3ccccc3)nn2CCN1c1ccc(F)cc1. The number of benzene rings is 2. The van der Waals surface area contributed by atoms with Gasteiger partial charge < -0.3 is 9.64 Å². The van der Waals surface area contributed by atoms with Gasteiger partial charge in [-0.3, -0.25) is 9.48 Å². The molecule has 1 aromatic heterocycles. The van der Waals surface area contributed by atoms with E-state index in [-0.39, 0.29) is 11.7 Å². The van der Waals surface area contributed by atoms with E-state index >= 15 is 0 Å². The summed E-state index contributed by atoms with van der Waals surface area (Å²) in [5.41, 5.74) is 1.90. The van der Waals surface area contributed by atoms with E-state index in [4.69, 9.17) is 4.74 Å². The average Bonchev–Trinajstić information content (AvgIpc) is 3.06. The summed E-state index contributed by atoms with van der Waals surface area (Å²) in [4.78, 5) is 14.4. The molecule has 5 nitrogen and oxygen atoms in total. The minimum absolute atomic E-state index is 0.142. The molecular formula is C19H16FN3O2. The number of hydrogen-bond acceptors (Lipinski definition) is 3. The van der Waals surface area contributed by atoms with Crippen molar-refractivity contribution in [2.24, 2.45) is 0 Å². The number of para-hydroxylation sites is 1. The van der Waals surface area contributed by atoms with E-state index in [0.29, 0.717) is 36.8 Å². The van der Waals surface area contributed by atoms with Crippen LogP contribution in [0.15, 0.2) is 60.7 Å². The second kappa shape index (κ2) is 6.39. The Balaban J connectivity index is 1.51. The molecule has 1 aliphatic rings. The number of ether oxygens (including phenoxy) is 1. The molecule has 0 saturated heterocycles. The van der Waals surface area contributed by atoms with Crippen molar-refractivity contribution in [3.8, 4) is 5.75 Å². The number of rotatable bonds is 4. The molecule has 0 aliphatic carbocycles. The van der Waals surface area contributed by atoms with E-state index in [1.54, 1.807) is 27.8 Å². The van der Waals surface area contributed by atoms with Gasteiger partial charge in [0.25, 0.3) is 5.91 Å². The fourth-order valence-electron chi connectivity index (χ4n) is 2.86. The Morgan fingerprint density at radius 1 is 1.04 bits per heavy atom. The van der Waals surface area contributed by atoms with Crippen LogP contribution in [0.3, 0.4) is 0 Å². The lowest BCUT2D eigenvalue weighted by Gasteiger charge is -2.27. The first kappa shape index (κ1) is 15.4. The summed E-state index contributed by atoms with van der Waals surface area (Å²) < 4.78 is 20.5. The van der Waals surface area contributed by atoms with Crippen LogP contribution in [0.1, 0.15) is 16.2 Å². The Morgan fingerprint density at radius 3 is 2.56 bits per heavy atom. The molecule has 0 saturated carbocycles. The van der Waals surface area contributed by atoms with Crippen LogP contribution in [0, 0.1) is 5.82 Å². The van der Waals surface area contributed by atoms with Gasteiger partial charge in [0, 0.05) is 12.2 Å². The number of carbonyl (C=O) groups is 1. The van der Waals surface area contributed by atoms with Crippen LogP contribution in [0.25, 0.3) is 0 Å². The molecule has 0 spiro atoms. The lowest BCUT2D eigenvalue weighted by atomic mass is 10.2. The van der Waals surface area contributed by atoms with Gasteiger partial charge in [-0.25, -0.2) is 4.39 Å². The Hall–Kier alpha value is -3.15. The minimum Gasteiger partial charge on any atom is -0.487 e. The highest BCUT2D eigenvalue weighted by atomic mass is 19.1. The van der Waals surface area contributed by atoms with Crippen molar-refractivity contribution in [3.05, 3.63) is 77.9 Å². The van der Waals surface area contributed by atoms with Crippen molar-refractivity contribution >= 4 is 11.6 Å². The molecule has 25 heavy (non-hydrogen) atoms. The summed E-state index contributed by atoms with van der Waals surface area (Å²) in [5, 5.41) is 4.44. The van der Waals surface area contributed by atoms with E-state index in [1.807, 2.05) is 30.3 Å². The average molecular weight is 337 g/mol. The molecular weight excluding hydrogens is 321 g/mol. The molecule has 4 rings (SSSR count). The minimum atomic E-state index is -0.321. The summed E-state index contributed by atoms with van der Waals surface area (Å²) in [6.45, 7) is 1.38. The first-order valence-electron chi connectivity index (χ1n) is 8.03. The predicted molar refractivity (Wildman–Crippen MR) is 91.1 cm³/mol. The molecule has 3 aromatic rings. The third kappa shape index (κ3) is 3.10. The van der Waals surface area contributed by atoms with Crippen LogP contribution in [-0.2, 0) is 13.2 Å². The van der Waals surface area contributed by atoms with Gasteiger partial charge in [-0.2, -0.15) is 5.10 Å². The van der Waals surface area contributed by atoms with Gasteiger partial charge in [-0.1, -0.05) is 18.2 Å². The summed E-state index contributed by atoms with van der Waals surface area (Å²) >= 11 is 0. The molecule has 0 unspecified atom stereocenters. The first-order chi connectivity index (χ1) is 12.2. The van der Waals surface area contributed by atoms with Gasteiger partial charge in [0.1, 0.15) is 29.6 Å². The lowest BCUT2D eigenvalue weighted by Crippen LogP contribution is -2.40. The summed E-state index contributed by atoms with van der Waals surface area (Å²) in [7, 11) is 0. The zero-order valence-corrected chi connectivity index (χ0v) is 13.4. The van der Waals surface area contributed by atoms with Gasteiger partial charge in [0.15, 0.2) is 0 Å². The fourth-order valence-corrected chi connectivity index (χ4v) is 2.86. The van der Waals surface area contributed by atoms with E-state index in [0.717, 1.165) is 5.75 Å². The van der Waals surface area contributed by atoms with Crippen LogP contribution in [0.4, 0.5) is 10.1 Å². The zero-order valence-electron chi connectivity index (χ0n) is 13.4. The van der Waals surface area contributed by atoms with Gasteiger partial charge in [0.2, 0.25) is 0 Å². The molecule has 0 bridgehead atoms. The van der Waals surface area contributed by atoms with Crippen molar-refractivity contribution < 1.29 is 13.9 Å². The van der Waals surface area contributed by atoms with E-state index in [1.165, 1.54) is 12.1 Å². The fraction of sp³-hybridized carbons (Fsp3) is 0.158. The molecule has 126 valence electrons. The highest BCUT2D eigenvalue weighted by Crippen LogP contribution is 2.22. The molecule has 6 heteroatoms. The quantitative estimate of drug-likeness (QED) is 0.734. The van der Waals surface area contributed by atoms with E-state index in [2.05, 4.69) is 5.10 Å². The topological polar surface area (TPSA) is 47.4 Å². The van der Waals surface area contributed by atoms with Gasteiger partial charge in [-0.15, -0.1) is 0 Å². The molecule has 0 atom stereocenters. The Bertz CT molecular complexity index is 891. The molecule has 2 aromatic carbocycles.